The average molecular weight is 379 g/mol. The predicted octanol–water partition coefficient (Wildman–Crippen LogP) is 2.16. The number of aliphatic imine (C=N–C) groups is 1. The van der Waals surface area contributed by atoms with Crippen LogP contribution in [0.5, 0.6) is 0 Å². The molecule has 0 amide bonds. The smallest absolute Gasteiger partial charge is 0.191 e. The number of nitrogens with one attached hydrogen (secondary N) is 2. The zero-order chi connectivity index (χ0) is 13.2. The number of aromatic nitrogens is 2. The van der Waals surface area contributed by atoms with E-state index in [-0.39, 0.29) is 24.0 Å². The molecule has 2 N–H and O–H groups in total. The van der Waals surface area contributed by atoms with Crippen LogP contribution in [0.1, 0.15) is 31.7 Å². The monoisotopic (exact) mass is 379 g/mol. The average Bonchev–Trinajstić information content (AvgIpc) is 2.78. The molecule has 6 heteroatoms. The van der Waals surface area contributed by atoms with Gasteiger partial charge in [-0.1, -0.05) is 19.8 Å². The van der Waals surface area contributed by atoms with Crippen molar-refractivity contribution in [2.24, 2.45) is 4.99 Å². The normalized spacial score (nSPS) is 11.0. The highest BCUT2D eigenvalue weighted by Crippen LogP contribution is 1.93. The Morgan fingerprint density at radius 3 is 2.63 bits per heavy atom. The molecule has 5 nitrogen and oxygen atoms in total. The fourth-order valence-electron chi connectivity index (χ4n) is 1.68. The highest BCUT2D eigenvalue weighted by Gasteiger charge is 1.97. The fourth-order valence-corrected chi connectivity index (χ4v) is 1.68. The third-order valence-corrected chi connectivity index (χ3v) is 2.69. The highest BCUT2D eigenvalue weighted by atomic mass is 127. The summed E-state index contributed by atoms with van der Waals surface area (Å²) in [6.45, 7) is 6.91. The lowest BCUT2D eigenvalue weighted by Gasteiger charge is -2.11. The van der Waals surface area contributed by atoms with Crippen molar-refractivity contribution >= 4 is 29.9 Å². The summed E-state index contributed by atoms with van der Waals surface area (Å²) in [5.41, 5.74) is 1.19. The van der Waals surface area contributed by atoms with E-state index in [4.69, 9.17) is 0 Å². The third kappa shape index (κ3) is 8.07. The van der Waals surface area contributed by atoms with Crippen molar-refractivity contribution in [3.05, 3.63) is 18.0 Å². The molecule has 1 heterocycles. The molecule has 1 aromatic rings. The molecule has 0 bridgehead atoms. The topological polar surface area (TPSA) is 54.2 Å². The first-order valence-electron chi connectivity index (χ1n) is 6.70. The third-order valence-electron chi connectivity index (χ3n) is 2.69. The van der Waals surface area contributed by atoms with Crippen LogP contribution in [-0.4, -0.2) is 35.9 Å². The van der Waals surface area contributed by atoms with Crippen LogP contribution in [0.2, 0.25) is 0 Å². The maximum absolute atomic E-state index is 4.24. The standard InChI is InChI=1S/C13H25N5.HI/c1-4-5-6-7-15-13(14-3)16-8-9-18-11-12(2)10-17-18;/h10-11H,4-9H2,1-3H3,(H2,14,15,16);1H. The number of guanidine groups is 1. The van der Waals surface area contributed by atoms with Gasteiger partial charge in [-0.2, -0.15) is 5.10 Å². The molecule has 0 fully saturated rings. The van der Waals surface area contributed by atoms with E-state index >= 15 is 0 Å². The van der Waals surface area contributed by atoms with Crippen molar-refractivity contribution in [2.75, 3.05) is 20.1 Å². The van der Waals surface area contributed by atoms with Gasteiger partial charge in [0.2, 0.25) is 0 Å². The van der Waals surface area contributed by atoms with Crippen molar-refractivity contribution in [3.63, 3.8) is 0 Å². The van der Waals surface area contributed by atoms with Gasteiger partial charge < -0.3 is 10.6 Å². The molecule has 110 valence electrons. The van der Waals surface area contributed by atoms with Crippen LogP contribution >= 0.6 is 24.0 Å². The summed E-state index contributed by atoms with van der Waals surface area (Å²) >= 11 is 0. The fraction of sp³-hybridized carbons (Fsp3) is 0.692. The van der Waals surface area contributed by atoms with Gasteiger partial charge >= 0.3 is 0 Å². The van der Waals surface area contributed by atoms with Gasteiger partial charge in [0.15, 0.2) is 5.96 Å². The van der Waals surface area contributed by atoms with Crippen molar-refractivity contribution in [2.45, 2.75) is 39.7 Å². The van der Waals surface area contributed by atoms with Gasteiger partial charge in [-0.15, -0.1) is 24.0 Å². The number of nitrogens with zero attached hydrogens (tertiary/aromatic N) is 3. The molecule has 0 aliphatic carbocycles. The van der Waals surface area contributed by atoms with Gasteiger partial charge in [0.25, 0.3) is 0 Å². The Kier molecular flexibility index (Phi) is 10.6. The van der Waals surface area contributed by atoms with Gasteiger partial charge in [0.1, 0.15) is 0 Å². The summed E-state index contributed by atoms with van der Waals surface area (Å²) in [5.74, 6) is 0.870. The van der Waals surface area contributed by atoms with Gasteiger partial charge in [0.05, 0.1) is 12.7 Å². The van der Waals surface area contributed by atoms with Gasteiger partial charge in [0, 0.05) is 26.3 Å². The molecule has 1 rings (SSSR count). The summed E-state index contributed by atoms with van der Waals surface area (Å²) < 4.78 is 1.94. The van der Waals surface area contributed by atoms with E-state index in [2.05, 4.69) is 27.6 Å². The van der Waals surface area contributed by atoms with Gasteiger partial charge in [-0.3, -0.25) is 9.67 Å². The Morgan fingerprint density at radius 2 is 2.05 bits per heavy atom. The SMILES string of the molecule is CCCCCNC(=NC)NCCn1cc(C)cn1.I. The first-order valence-corrected chi connectivity index (χ1v) is 6.70. The lowest BCUT2D eigenvalue weighted by Crippen LogP contribution is -2.39. The summed E-state index contributed by atoms with van der Waals surface area (Å²) in [6.07, 6.45) is 7.61. The van der Waals surface area contributed by atoms with Gasteiger partial charge in [-0.25, -0.2) is 0 Å². The largest absolute Gasteiger partial charge is 0.356 e. The van der Waals surface area contributed by atoms with E-state index in [0.717, 1.165) is 25.6 Å². The van der Waals surface area contributed by atoms with Crippen LogP contribution in [0.25, 0.3) is 0 Å². The number of unbranched alkanes of at least 4 members (excludes halogenated alkanes) is 2. The molecule has 19 heavy (non-hydrogen) atoms. The second-order valence-corrected chi connectivity index (χ2v) is 4.41. The zero-order valence-corrected chi connectivity index (χ0v) is 14.5. The molecule has 0 aromatic carbocycles. The number of hydrogen-bond donors (Lipinski definition) is 2. The van der Waals surface area contributed by atoms with Crippen molar-refractivity contribution in [3.8, 4) is 0 Å². The van der Waals surface area contributed by atoms with E-state index in [0.29, 0.717) is 0 Å². The minimum Gasteiger partial charge on any atom is -0.356 e. The lowest BCUT2D eigenvalue weighted by atomic mass is 10.2. The molecule has 0 aliphatic rings. The maximum atomic E-state index is 4.24. The van der Waals surface area contributed by atoms with Gasteiger partial charge in [-0.05, 0) is 18.9 Å². The minimum absolute atomic E-state index is 0. The van der Waals surface area contributed by atoms with Crippen LogP contribution in [0, 0.1) is 6.92 Å². The number of halogens is 1. The highest BCUT2D eigenvalue weighted by molar-refractivity contribution is 14.0. The summed E-state index contributed by atoms with van der Waals surface area (Å²) in [6, 6.07) is 0. The van der Waals surface area contributed by atoms with Crippen molar-refractivity contribution < 1.29 is 0 Å². The molecule has 0 radical (unpaired) electrons. The number of aryl methyl sites for hydroxylation is 1. The van der Waals surface area contributed by atoms with E-state index < -0.39 is 0 Å². The molecule has 0 atom stereocenters. The van der Waals surface area contributed by atoms with Crippen LogP contribution < -0.4 is 10.6 Å². The Morgan fingerprint density at radius 1 is 1.32 bits per heavy atom. The minimum atomic E-state index is 0. The van der Waals surface area contributed by atoms with Crippen LogP contribution in [0.4, 0.5) is 0 Å². The Labute approximate surface area is 133 Å². The quantitative estimate of drug-likeness (QED) is 0.331. The van der Waals surface area contributed by atoms with Crippen molar-refractivity contribution in [1.29, 1.82) is 0 Å². The predicted molar refractivity (Wildman–Crippen MR) is 91.3 cm³/mol. The molecular weight excluding hydrogens is 353 g/mol. The molecule has 0 saturated carbocycles. The van der Waals surface area contributed by atoms with E-state index in [9.17, 15) is 0 Å². The second kappa shape index (κ2) is 11.1. The number of hydrogen-bond acceptors (Lipinski definition) is 2. The Balaban J connectivity index is 0.00000324. The van der Waals surface area contributed by atoms with E-state index in [1.54, 1.807) is 7.05 Å². The molecular formula is C13H26IN5. The first kappa shape index (κ1) is 18.2. The maximum Gasteiger partial charge on any atom is 0.191 e. The zero-order valence-electron chi connectivity index (χ0n) is 12.1. The molecule has 1 aromatic heterocycles. The van der Waals surface area contributed by atoms with Crippen LogP contribution in [0.3, 0.4) is 0 Å². The first-order chi connectivity index (χ1) is 8.76. The molecule has 0 spiro atoms. The Bertz CT molecular complexity index is 362. The summed E-state index contributed by atoms with van der Waals surface area (Å²) in [7, 11) is 1.80. The number of rotatable bonds is 7. The summed E-state index contributed by atoms with van der Waals surface area (Å²) in [4.78, 5) is 4.19. The van der Waals surface area contributed by atoms with E-state index in [1.165, 1.54) is 24.8 Å². The lowest BCUT2D eigenvalue weighted by molar-refractivity contribution is 0.595. The Hall–Kier alpha value is -0.790. The van der Waals surface area contributed by atoms with Crippen molar-refractivity contribution in [1.82, 2.24) is 20.4 Å². The molecule has 0 saturated heterocycles. The van der Waals surface area contributed by atoms with Crippen LogP contribution in [0.15, 0.2) is 17.4 Å². The molecule has 0 aliphatic heterocycles. The second-order valence-electron chi connectivity index (χ2n) is 4.41. The van der Waals surface area contributed by atoms with E-state index in [1.807, 2.05) is 24.0 Å². The molecule has 0 unspecified atom stereocenters. The summed E-state index contributed by atoms with van der Waals surface area (Å²) in [5, 5.41) is 10.8. The van der Waals surface area contributed by atoms with Crippen LogP contribution in [-0.2, 0) is 6.54 Å².